The molecule has 32 heavy (non-hydrogen) atoms. The van der Waals surface area contributed by atoms with E-state index in [1.165, 1.54) is 34.6 Å². The zero-order valence-corrected chi connectivity index (χ0v) is 18.0. The minimum absolute atomic E-state index is 0.0326. The van der Waals surface area contributed by atoms with Gasteiger partial charge in [-0.3, -0.25) is 15.2 Å². The van der Waals surface area contributed by atoms with E-state index in [4.69, 9.17) is 9.15 Å². The fourth-order valence-electron chi connectivity index (χ4n) is 3.07. The average molecular weight is 482 g/mol. The topological polar surface area (TPSA) is 168 Å². The molecule has 0 saturated carbocycles. The Balaban J connectivity index is 1.50. The Morgan fingerprint density at radius 3 is 2.50 bits per heavy atom. The SMILES string of the molecule is O=C(NNS(=O)(=O)c1ccc2[nH]c(=O)oc2c1)c1cccc(S(=O)(=O)N2CCOCC2)c1. The lowest BCUT2D eigenvalue weighted by atomic mass is 10.2. The van der Waals surface area contributed by atoms with Crippen molar-refractivity contribution in [2.45, 2.75) is 9.79 Å². The number of H-pyrrole nitrogens is 1. The van der Waals surface area contributed by atoms with E-state index in [9.17, 15) is 26.4 Å². The number of aromatic amines is 1. The third kappa shape index (κ3) is 4.44. The summed E-state index contributed by atoms with van der Waals surface area (Å²) in [6, 6.07) is 8.94. The van der Waals surface area contributed by atoms with Crippen LogP contribution in [-0.4, -0.2) is 58.3 Å². The highest BCUT2D eigenvalue weighted by atomic mass is 32.2. The first-order valence-electron chi connectivity index (χ1n) is 9.30. The van der Waals surface area contributed by atoms with Crippen molar-refractivity contribution in [2.75, 3.05) is 26.3 Å². The minimum atomic E-state index is -4.20. The first kappa shape index (κ1) is 22.2. The van der Waals surface area contributed by atoms with Gasteiger partial charge in [0, 0.05) is 24.7 Å². The highest BCUT2D eigenvalue weighted by molar-refractivity contribution is 7.89. The Bertz CT molecular complexity index is 1440. The fraction of sp³-hybridized carbons (Fsp3) is 0.222. The number of nitrogens with zero attached hydrogens (tertiary/aromatic N) is 1. The average Bonchev–Trinajstić information content (AvgIpc) is 3.17. The number of fused-ring (bicyclic) bond motifs is 1. The van der Waals surface area contributed by atoms with Crippen LogP contribution in [0.5, 0.6) is 0 Å². The largest absolute Gasteiger partial charge is 0.417 e. The summed E-state index contributed by atoms with van der Waals surface area (Å²) in [6.07, 6.45) is 0. The Morgan fingerprint density at radius 2 is 1.75 bits per heavy atom. The van der Waals surface area contributed by atoms with Crippen LogP contribution in [0.15, 0.2) is 61.5 Å². The molecule has 14 heteroatoms. The Kier molecular flexibility index (Phi) is 5.87. The number of rotatable bonds is 6. The number of amides is 1. The van der Waals surface area contributed by atoms with E-state index in [1.807, 2.05) is 10.3 Å². The van der Waals surface area contributed by atoms with Gasteiger partial charge in [-0.15, -0.1) is 4.83 Å². The smallest absolute Gasteiger partial charge is 0.408 e. The lowest BCUT2D eigenvalue weighted by Crippen LogP contribution is -2.42. The highest BCUT2D eigenvalue weighted by Gasteiger charge is 2.27. The number of hydrogen-bond acceptors (Lipinski definition) is 8. The summed E-state index contributed by atoms with van der Waals surface area (Å²) in [6.45, 7) is 0.951. The molecule has 1 aliphatic heterocycles. The summed E-state index contributed by atoms with van der Waals surface area (Å²) in [4.78, 5) is 27.7. The molecule has 0 aliphatic carbocycles. The van der Waals surface area contributed by atoms with Crippen LogP contribution in [0.25, 0.3) is 11.1 Å². The van der Waals surface area contributed by atoms with Gasteiger partial charge in [0.25, 0.3) is 15.9 Å². The quantitative estimate of drug-likeness (QED) is 0.405. The molecule has 4 rings (SSSR count). The molecule has 1 saturated heterocycles. The van der Waals surface area contributed by atoms with Crippen LogP contribution >= 0.6 is 0 Å². The van der Waals surface area contributed by atoms with Crippen LogP contribution in [0, 0.1) is 0 Å². The molecule has 0 unspecified atom stereocenters. The van der Waals surface area contributed by atoms with E-state index in [0.29, 0.717) is 5.52 Å². The maximum absolute atomic E-state index is 12.8. The van der Waals surface area contributed by atoms with E-state index in [1.54, 1.807) is 0 Å². The summed E-state index contributed by atoms with van der Waals surface area (Å²) in [5.41, 5.74) is 2.33. The summed E-state index contributed by atoms with van der Waals surface area (Å²) < 4.78 is 61.7. The van der Waals surface area contributed by atoms with E-state index in [2.05, 4.69) is 4.98 Å². The summed E-state index contributed by atoms with van der Waals surface area (Å²) in [7, 11) is -8.03. The van der Waals surface area contributed by atoms with Gasteiger partial charge in [-0.05, 0) is 30.3 Å². The number of oxazole rings is 1. The predicted octanol–water partition coefficient (Wildman–Crippen LogP) is -0.235. The second-order valence-electron chi connectivity index (χ2n) is 6.78. The zero-order chi connectivity index (χ0) is 22.9. The lowest BCUT2D eigenvalue weighted by molar-refractivity contribution is 0.0730. The number of morpholine rings is 1. The molecular formula is C18H18N4O8S2. The van der Waals surface area contributed by atoms with Gasteiger partial charge < -0.3 is 9.15 Å². The van der Waals surface area contributed by atoms with Gasteiger partial charge in [0.15, 0.2) is 5.58 Å². The molecule has 2 heterocycles. The molecule has 1 amide bonds. The van der Waals surface area contributed by atoms with Crippen molar-refractivity contribution in [1.29, 1.82) is 0 Å². The third-order valence-electron chi connectivity index (χ3n) is 4.71. The van der Waals surface area contributed by atoms with Crippen molar-refractivity contribution < 1.29 is 30.8 Å². The van der Waals surface area contributed by atoms with E-state index < -0.39 is 31.7 Å². The van der Waals surface area contributed by atoms with E-state index in [0.717, 1.165) is 12.1 Å². The molecule has 0 radical (unpaired) electrons. The standard InChI is InChI=1S/C18H18N4O8S2/c23-17(12-2-1-3-14(10-12)32(27,28)22-6-8-29-9-7-22)20-21-31(25,26)13-4-5-15-16(11-13)30-18(24)19-15/h1-5,10-11,21H,6-9H2,(H,19,24)(H,20,23). The molecule has 2 aromatic carbocycles. The zero-order valence-electron chi connectivity index (χ0n) is 16.4. The van der Waals surface area contributed by atoms with Crippen LogP contribution < -0.4 is 16.0 Å². The van der Waals surface area contributed by atoms with Crippen molar-refractivity contribution in [2.24, 2.45) is 0 Å². The van der Waals surface area contributed by atoms with Gasteiger partial charge in [0.05, 0.1) is 28.5 Å². The summed E-state index contributed by atoms with van der Waals surface area (Å²) in [5, 5.41) is 0. The Hall–Kier alpha value is -3.04. The van der Waals surface area contributed by atoms with Crippen LogP contribution in [0.4, 0.5) is 0 Å². The fourth-order valence-corrected chi connectivity index (χ4v) is 5.38. The molecule has 1 fully saturated rings. The number of ether oxygens (including phenoxy) is 1. The normalized spacial score (nSPS) is 15.6. The number of hydrazine groups is 1. The molecule has 0 bridgehead atoms. The number of benzene rings is 2. The number of aromatic nitrogens is 1. The monoisotopic (exact) mass is 482 g/mol. The molecule has 12 nitrogen and oxygen atoms in total. The second-order valence-corrected chi connectivity index (χ2v) is 10.4. The first-order chi connectivity index (χ1) is 15.2. The number of sulfonamides is 2. The van der Waals surface area contributed by atoms with Crippen LogP contribution in [-0.2, 0) is 24.8 Å². The van der Waals surface area contributed by atoms with E-state index >= 15 is 0 Å². The molecule has 1 aliphatic rings. The highest BCUT2D eigenvalue weighted by Crippen LogP contribution is 2.19. The predicted molar refractivity (Wildman–Crippen MR) is 111 cm³/mol. The van der Waals surface area contributed by atoms with Crippen LogP contribution in [0.3, 0.4) is 0 Å². The van der Waals surface area contributed by atoms with Crippen molar-refractivity contribution in [1.82, 2.24) is 19.5 Å². The maximum Gasteiger partial charge on any atom is 0.417 e. The van der Waals surface area contributed by atoms with Crippen molar-refractivity contribution in [3.63, 3.8) is 0 Å². The Morgan fingerprint density at radius 1 is 1.00 bits per heavy atom. The Labute approximate surface area is 182 Å². The number of carbonyl (C=O) groups is 1. The minimum Gasteiger partial charge on any atom is -0.408 e. The van der Waals surface area contributed by atoms with Gasteiger partial charge in [-0.2, -0.15) is 4.31 Å². The summed E-state index contributed by atoms with van der Waals surface area (Å²) >= 11 is 0. The lowest BCUT2D eigenvalue weighted by Gasteiger charge is -2.26. The van der Waals surface area contributed by atoms with Gasteiger partial charge in [-0.25, -0.2) is 21.6 Å². The molecule has 3 N–H and O–H groups in total. The number of hydrogen-bond donors (Lipinski definition) is 3. The number of nitrogens with one attached hydrogen (secondary N) is 3. The van der Waals surface area contributed by atoms with Crippen molar-refractivity contribution >= 4 is 37.1 Å². The van der Waals surface area contributed by atoms with Crippen LogP contribution in [0.2, 0.25) is 0 Å². The molecule has 1 aromatic heterocycles. The van der Waals surface area contributed by atoms with Crippen LogP contribution in [0.1, 0.15) is 10.4 Å². The van der Waals surface area contributed by atoms with Gasteiger partial charge in [-0.1, -0.05) is 6.07 Å². The molecule has 3 aromatic rings. The van der Waals surface area contributed by atoms with Crippen molar-refractivity contribution in [3.05, 3.63) is 58.6 Å². The first-order valence-corrected chi connectivity index (χ1v) is 12.2. The van der Waals surface area contributed by atoms with E-state index in [-0.39, 0.29) is 47.2 Å². The van der Waals surface area contributed by atoms with Gasteiger partial charge in [0.1, 0.15) is 0 Å². The molecule has 0 atom stereocenters. The molecule has 0 spiro atoms. The molecular weight excluding hydrogens is 464 g/mol. The second kappa shape index (κ2) is 8.48. The van der Waals surface area contributed by atoms with Crippen molar-refractivity contribution in [3.8, 4) is 0 Å². The number of carbonyl (C=O) groups excluding carboxylic acids is 1. The molecule has 170 valence electrons. The third-order valence-corrected chi connectivity index (χ3v) is 7.85. The van der Waals surface area contributed by atoms with Gasteiger partial charge in [0.2, 0.25) is 10.0 Å². The van der Waals surface area contributed by atoms with Gasteiger partial charge >= 0.3 is 5.76 Å². The summed E-state index contributed by atoms with van der Waals surface area (Å²) in [5.74, 6) is -1.59. The maximum atomic E-state index is 12.8.